The Labute approximate surface area is 128 Å². The predicted octanol–water partition coefficient (Wildman–Crippen LogP) is 1.30. The molecule has 0 aliphatic rings. The number of carbonyl (C=O) groups excluding carboxylic acids is 2. The van der Waals surface area contributed by atoms with E-state index in [2.05, 4.69) is 17.2 Å². The van der Waals surface area contributed by atoms with Gasteiger partial charge in [0.2, 0.25) is 5.91 Å². The molecule has 0 aromatic heterocycles. The van der Waals surface area contributed by atoms with Crippen LogP contribution in [0, 0.1) is 11.8 Å². The fourth-order valence-electron chi connectivity index (χ4n) is 1.48. The van der Waals surface area contributed by atoms with Gasteiger partial charge < -0.3 is 15.8 Å². The molecule has 0 heterocycles. The number of benzene rings is 1. The summed E-state index contributed by atoms with van der Waals surface area (Å²) in [7, 11) is 0. The number of rotatable bonds is 7. The van der Waals surface area contributed by atoms with Crippen LogP contribution in [0.2, 0.25) is 0 Å². The van der Waals surface area contributed by atoms with E-state index in [1.165, 1.54) is 0 Å². The Bertz CT molecular complexity index is 549. The molecule has 6 heteroatoms. The number of hydrogen-bond acceptors (Lipinski definition) is 3. The van der Waals surface area contributed by atoms with E-state index < -0.39 is 5.91 Å². The lowest BCUT2D eigenvalue weighted by Crippen LogP contribution is -2.23. The molecule has 0 unspecified atom stereocenters. The first-order valence-corrected chi connectivity index (χ1v) is 6.98. The molecule has 21 heavy (non-hydrogen) atoms. The molecule has 1 aromatic rings. The monoisotopic (exact) mass is 308 g/mol. The van der Waals surface area contributed by atoms with E-state index in [4.69, 9.17) is 22.1 Å². The van der Waals surface area contributed by atoms with Gasteiger partial charge in [-0.25, -0.2) is 0 Å². The third kappa shape index (κ3) is 6.68. The summed E-state index contributed by atoms with van der Waals surface area (Å²) >= 11 is 5.48. The van der Waals surface area contributed by atoms with Crippen molar-refractivity contribution in [3.05, 3.63) is 29.8 Å². The number of para-hydroxylation sites is 1. The molecule has 1 rings (SSSR count). The Morgan fingerprint density at radius 1 is 1.29 bits per heavy atom. The van der Waals surface area contributed by atoms with Gasteiger partial charge in [0.25, 0.3) is 5.91 Å². The average Bonchev–Trinajstić information content (AvgIpc) is 2.48. The van der Waals surface area contributed by atoms with Gasteiger partial charge in [0, 0.05) is 12.3 Å². The van der Waals surface area contributed by atoms with Crippen molar-refractivity contribution in [3.63, 3.8) is 0 Å². The van der Waals surface area contributed by atoms with E-state index in [-0.39, 0.29) is 19.1 Å². The van der Waals surface area contributed by atoms with Crippen molar-refractivity contribution in [3.8, 4) is 17.6 Å². The molecule has 5 nitrogen and oxygen atoms in total. The molecule has 0 radical (unpaired) electrons. The lowest BCUT2D eigenvalue weighted by Gasteiger charge is -2.05. The number of hydrogen-bond donors (Lipinski definition) is 2. The summed E-state index contributed by atoms with van der Waals surface area (Å²) < 4.78 is 5.37. The van der Waals surface area contributed by atoms with E-state index in [0.29, 0.717) is 30.0 Å². The minimum Gasteiger partial charge on any atom is -0.480 e. The van der Waals surface area contributed by atoms with Gasteiger partial charge in [0.15, 0.2) is 0 Å². The van der Waals surface area contributed by atoms with Crippen molar-refractivity contribution in [1.29, 1.82) is 0 Å². The van der Waals surface area contributed by atoms with Gasteiger partial charge >= 0.3 is 0 Å². The van der Waals surface area contributed by atoms with Crippen LogP contribution in [0.4, 0.5) is 0 Å². The fraction of sp³-hybridized carbons (Fsp3) is 0.333. The summed E-state index contributed by atoms with van der Waals surface area (Å²) in [6.07, 6.45) is 1.04. The zero-order chi connectivity index (χ0) is 15.5. The highest BCUT2D eigenvalue weighted by atomic mass is 35.5. The predicted molar refractivity (Wildman–Crippen MR) is 81.2 cm³/mol. The molecule has 112 valence electrons. The highest BCUT2D eigenvalue weighted by Gasteiger charge is 2.06. The van der Waals surface area contributed by atoms with Crippen molar-refractivity contribution >= 4 is 23.4 Å². The minimum atomic E-state index is -0.551. The van der Waals surface area contributed by atoms with Gasteiger partial charge in [-0.3, -0.25) is 9.59 Å². The Balaban J connectivity index is 2.33. The molecule has 0 aliphatic carbocycles. The summed E-state index contributed by atoms with van der Waals surface area (Å²) in [5.41, 5.74) is 5.54. The van der Waals surface area contributed by atoms with Crippen molar-refractivity contribution in [2.75, 3.05) is 19.0 Å². The normalized spacial score (nSPS) is 9.38. The second kappa shape index (κ2) is 9.67. The summed E-state index contributed by atoms with van der Waals surface area (Å²) in [5, 5.41) is 2.64. The standard InChI is InChI=1S/C15H17ClN2O3/c16-9-5-8-14(19)18-10-3-4-11-21-13-7-2-1-6-12(13)15(17)20/h1-2,6-7H,5,8-11H2,(H2,17,20)(H,18,19). The molecule has 3 N–H and O–H groups in total. The topological polar surface area (TPSA) is 81.4 Å². The van der Waals surface area contributed by atoms with Gasteiger partial charge in [-0.1, -0.05) is 24.0 Å². The van der Waals surface area contributed by atoms with Crippen molar-refractivity contribution in [1.82, 2.24) is 5.32 Å². The smallest absolute Gasteiger partial charge is 0.252 e. The van der Waals surface area contributed by atoms with E-state index >= 15 is 0 Å². The SMILES string of the molecule is NC(=O)c1ccccc1OCC#CCNC(=O)CCCCl. The number of carbonyl (C=O) groups is 2. The molecule has 0 atom stereocenters. The van der Waals surface area contributed by atoms with Crippen LogP contribution in [0.3, 0.4) is 0 Å². The number of nitrogens with one attached hydrogen (secondary N) is 1. The number of ether oxygens (including phenoxy) is 1. The lowest BCUT2D eigenvalue weighted by atomic mass is 10.2. The van der Waals surface area contributed by atoms with E-state index in [1.54, 1.807) is 24.3 Å². The van der Waals surface area contributed by atoms with Crippen molar-refractivity contribution < 1.29 is 14.3 Å². The van der Waals surface area contributed by atoms with Gasteiger partial charge in [0.1, 0.15) is 12.4 Å². The van der Waals surface area contributed by atoms with Crippen LogP contribution in [0.25, 0.3) is 0 Å². The summed E-state index contributed by atoms with van der Waals surface area (Å²) in [4.78, 5) is 22.4. The molecule has 0 fully saturated rings. The number of nitrogens with two attached hydrogens (primary N) is 1. The van der Waals surface area contributed by atoms with E-state index in [9.17, 15) is 9.59 Å². The zero-order valence-corrected chi connectivity index (χ0v) is 12.3. The molecule has 2 amide bonds. The zero-order valence-electron chi connectivity index (χ0n) is 11.5. The number of halogens is 1. The second-order valence-corrected chi connectivity index (χ2v) is 4.45. The Hall–Kier alpha value is -2.19. The fourth-order valence-corrected chi connectivity index (χ4v) is 1.62. The van der Waals surface area contributed by atoms with E-state index in [1.807, 2.05) is 0 Å². The van der Waals surface area contributed by atoms with Gasteiger partial charge in [0.05, 0.1) is 12.1 Å². The molecule has 0 saturated carbocycles. The second-order valence-electron chi connectivity index (χ2n) is 4.07. The van der Waals surface area contributed by atoms with Crippen LogP contribution in [0.1, 0.15) is 23.2 Å². The van der Waals surface area contributed by atoms with E-state index in [0.717, 1.165) is 0 Å². The van der Waals surface area contributed by atoms with Crippen LogP contribution < -0.4 is 15.8 Å². The number of amides is 2. The first-order valence-electron chi connectivity index (χ1n) is 6.45. The third-order valence-electron chi connectivity index (χ3n) is 2.49. The average molecular weight is 309 g/mol. The maximum absolute atomic E-state index is 11.3. The molecule has 0 spiro atoms. The van der Waals surface area contributed by atoms with Crippen LogP contribution >= 0.6 is 11.6 Å². The summed E-state index contributed by atoms with van der Waals surface area (Å²) in [5.74, 6) is 5.73. The Morgan fingerprint density at radius 3 is 2.76 bits per heavy atom. The Kier molecular flexibility index (Phi) is 7.77. The van der Waals surface area contributed by atoms with Gasteiger partial charge in [-0.2, -0.15) is 0 Å². The molecule has 1 aromatic carbocycles. The molecular weight excluding hydrogens is 292 g/mol. The van der Waals surface area contributed by atoms with Crippen LogP contribution in [0.15, 0.2) is 24.3 Å². The van der Waals surface area contributed by atoms with Crippen molar-refractivity contribution in [2.24, 2.45) is 5.73 Å². The highest BCUT2D eigenvalue weighted by Crippen LogP contribution is 2.16. The summed E-state index contributed by atoms with van der Waals surface area (Å²) in [6, 6.07) is 6.68. The van der Waals surface area contributed by atoms with Crippen LogP contribution in [-0.4, -0.2) is 30.8 Å². The van der Waals surface area contributed by atoms with Gasteiger partial charge in [-0.15, -0.1) is 11.6 Å². The highest BCUT2D eigenvalue weighted by molar-refractivity contribution is 6.17. The quantitative estimate of drug-likeness (QED) is 0.588. The molecule has 0 aliphatic heterocycles. The number of primary amides is 1. The van der Waals surface area contributed by atoms with Crippen LogP contribution in [-0.2, 0) is 4.79 Å². The summed E-state index contributed by atoms with van der Waals surface area (Å²) in [6.45, 7) is 0.365. The van der Waals surface area contributed by atoms with Crippen molar-refractivity contribution in [2.45, 2.75) is 12.8 Å². The number of alkyl halides is 1. The maximum atomic E-state index is 11.3. The lowest BCUT2D eigenvalue weighted by molar-refractivity contribution is -0.120. The first-order chi connectivity index (χ1) is 10.1. The van der Waals surface area contributed by atoms with Gasteiger partial charge in [-0.05, 0) is 18.6 Å². The molecule has 0 bridgehead atoms. The molecule has 0 saturated heterocycles. The molecular formula is C15H17ClN2O3. The largest absolute Gasteiger partial charge is 0.480 e. The first kappa shape index (κ1) is 16.9. The van der Waals surface area contributed by atoms with Crippen LogP contribution in [0.5, 0.6) is 5.75 Å². The Morgan fingerprint density at radius 2 is 2.05 bits per heavy atom. The minimum absolute atomic E-state index is 0.0788. The maximum Gasteiger partial charge on any atom is 0.252 e. The third-order valence-corrected chi connectivity index (χ3v) is 2.76.